The summed E-state index contributed by atoms with van der Waals surface area (Å²) >= 11 is 0. The molecule has 3 N–H and O–H groups in total. The van der Waals surface area contributed by atoms with Gasteiger partial charge < -0.3 is 20.5 Å². The number of ketones is 1. The maximum atomic E-state index is 14.1. The Morgan fingerprint density at radius 2 is 1.57 bits per heavy atom. The zero-order valence-electron chi connectivity index (χ0n) is 33.6. The Labute approximate surface area is 316 Å². The van der Waals surface area contributed by atoms with Crippen molar-refractivity contribution in [3.63, 3.8) is 0 Å². The van der Waals surface area contributed by atoms with E-state index in [0.29, 0.717) is 18.3 Å². The standard InChI is InChI=1S/C44H63N3O6/c1-26(2)34-28(48)24-44(47-37(52)46-43(21-22-43)31-12-10-11-23-45-31)20-19-41(8)27(35(34)44)13-14-30-40(7)17-16-32(53-33(49)25-38(3,4)36(50)51)39(5,6)29(40)15-18-42(30,41)9/h10-12,23,26-27,29-30,32H,13-22,24-25H2,1-9H3,(H,50,51)(H2,46,47,52)/t27-,29+,30-,32+,40+,41-,42-,44-/m1/s1. The molecule has 0 radical (unpaired) electrons. The molecule has 1 aromatic heterocycles. The lowest BCUT2D eigenvalue weighted by Crippen LogP contribution is -2.67. The van der Waals surface area contributed by atoms with Crippen LogP contribution in [-0.2, 0) is 24.7 Å². The summed E-state index contributed by atoms with van der Waals surface area (Å²) in [5.41, 5.74) is 0.533. The quantitative estimate of drug-likeness (QED) is 0.228. The van der Waals surface area contributed by atoms with Crippen molar-refractivity contribution in [2.24, 2.45) is 50.7 Å². The summed E-state index contributed by atoms with van der Waals surface area (Å²) in [7, 11) is 0. The van der Waals surface area contributed by atoms with Crippen LogP contribution in [0.25, 0.3) is 0 Å². The van der Waals surface area contributed by atoms with Crippen LogP contribution in [0.5, 0.6) is 0 Å². The van der Waals surface area contributed by atoms with E-state index in [1.54, 1.807) is 20.0 Å². The number of hydrogen-bond donors (Lipinski definition) is 3. The fourth-order valence-corrected chi connectivity index (χ4v) is 13.3. The first-order chi connectivity index (χ1) is 24.7. The zero-order chi connectivity index (χ0) is 38.6. The number of hydrogen-bond acceptors (Lipinski definition) is 6. The van der Waals surface area contributed by atoms with E-state index < -0.39 is 28.4 Å². The largest absolute Gasteiger partial charge is 0.481 e. The molecule has 0 aromatic carbocycles. The van der Waals surface area contributed by atoms with Crippen molar-refractivity contribution in [3.05, 3.63) is 41.2 Å². The molecule has 6 aliphatic carbocycles. The molecule has 9 nitrogen and oxygen atoms in total. The third-order valence-electron chi connectivity index (χ3n) is 16.4. The van der Waals surface area contributed by atoms with Gasteiger partial charge in [-0.2, -0.15) is 0 Å². The van der Waals surface area contributed by atoms with Crippen molar-refractivity contribution in [2.45, 2.75) is 157 Å². The van der Waals surface area contributed by atoms with Gasteiger partial charge in [0.05, 0.1) is 28.6 Å². The molecule has 0 bridgehead atoms. The highest BCUT2D eigenvalue weighted by atomic mass is 16.5. The lowest BCUT2D eigenvalue weighted by molar-refractivity contribution is -0.232. The molecule has 2 amide bonds. The molecule has 7 rings (SSSR count). The Morgan fingerprint density at radius 3 is 2.19 bits per heavy atom. The molecule has 290 valence electrons. The topological polar surface area (TPSA) is 135 Å². The number of carbonyl (C=O) groups is 4. The summed E-state index contributed by atoms with van der Waals surface area (Å²) in [6.45, 7) is 19.5. The van der Waals surface area contributed by atoms with Gasteiger partial charge in [0.1, 0.15) is 6.10 Å². The highest BCUT2D eigenvalue weighted by Crippen LogP contribution is 2.76. The Morgan fingerprint density at radius 1 is 0.887 bits per heavy atom. The average Bonchev–Trinajstić information content (AvgIpc) is 3.78. The normalized spacial score (nSPS) is 38.2. The molecule has 0 unspecified atom stereocenters. The molecule has 8 atom stereocenters. The molecule has 0 saturated heterocycles. The van der Waals surface area contributed by atoms with Crippen LogP contribution in [0.4, 0.5) is 4.79 Å². The first kappa shape index (κ1) is 38.1. The molecule has 9 heteroatoms. The van der Waals surface area contributed by atoms with Crippen LogP contribution in [0.3, 0.4) is 0 Å². The van der Waals surface area contributed by atoms with Crippen LogP contribution in [0.2, 0.25) is 0 Å². The number of nitrogens with zero attached hydrogens (tertiary/aromatic N) is 1. The number of carbonyl (C=O) groups excluding carboxylic acids is 3. The predicted octanol–water partition coefficient (Wildman–Crippen LogP) is 8.52. The summed E-state index contributed by atoms with van der Waals surface area (Å²) in [5, 5.41) is 16.4. The van der Waals surface area contributed by atoms with Crippen LogP contribution in [0.15, 0.2) is 35.5 Å². The van der Waals surface area contributed by atoms with Crippen molar-refractivity contribution in [1.29, 1.82) is 0 Å². The van der Waals surface area contributed by atoms with Gasteiger partial charge in [-0.3, -0.25) is 19.4 Å². The maximum Gasteiger partial charge on any atom is 0.316 e. The predicted molar refractivity (Wildman–Crippen MR) is 202 cm³/mol. The Balaban J connectivity index is 1.15. The number of pyridine rings is 1. The van der Waals surface area contributed by atoms with Gasteiger partial charge in [0.25, 0.3) is 0 Å². The minimum Gasteiger partial charge on any atom is -0.481 e. The van der Waals surface area contributed by atoms with Gasteiger partial charge in [-0.05, 0) is 141 Å². The Hall–Kier alpha value is -3.23. The zero-order valence-corrected chi connectivity index (χ0v) is 33.6. The summed E-state index contributed by atoms with van der Waals surface area (Å²) in [5.74, 6) is -0.129. The van der Waals surface area contributed by atoms with E-state index in [0.717, 1.165) is 75.5 Å². The second-order valence-corrected chi connectivity index (χ2v) is 20.4. The minimum atomic E-state index is -1.17. The van der Waals surface area contributed by atoms with Crippen molar-refractivity contribution < 1.29 is 29.0 Å². The van der Waals surface area contributed by atoms with Gasteiger partial charge in [0.15, 0.2) is 5.78 Å². The molecule has 5 fully saturated rings. The van der Waals surface area contributed by atoms with E-state index in [4.69, 9.17) is 4.74 Å². The number of esters is 1. The van der Waals surface area contributed by atoms with E-state index in [2.05, 4.69) is 64.1 Å². The number of allylic oxidation sites excluding steroid dienone is 1. The van der Waals surface area contributed by atoms with E-state index in [1.165, 1.54) is 5.57 Å². The number of rotatable bonds is 8. The highest BCUT2D eigenvalue weighted by Gasteiger charge is 2.70. The van der Waals surface area contributed by atoms with Crippen LogP contribution in [0, 0.1) is 50.7 Å². The summed E-state index contributed by atoms with van der Waals surface area (Å²) in [4.78, 5) is 57.5. The molecule has 0 spiro atoms. The van der Waals surface area contributed by atoms with E-state index in [1.807, 2.05) is 18.2 Å². The summed E-state index contributed by atoms with van der Waals surface area (Å²) in [6, 6.07) is 5.64. The number of carboxylic acids is 1. The Kier molecular flexibility index (Phi) is 8.90. The number of urea groups is 1. The fraction of sp³-hybridized carbons (Fsp3) is 0.750. The number of carboxylic acid groups (broad SMARTS) is 1. The first-order valence-electron chi connectivity index (χ1n) is 20.4. The highest BCUT2D eigenvalue weighted by molar-refractivity contribution is 6.02. The monoisotopic (exact) mass is 729 g/mol. The third-order valence-corrected chi connectivity index (χ3v) is 16.4. The van der Waals surface area contributed by atoms with Crippen LogP contribution in [0.1, 0.15) is 145 Å². The van der Waals surface area contributed by atoms with Crippen molar-refractivity contribution in [1.82, 2.24) is 15.6 Å². The SMILES string of the molecule is CC(C)C1=C2[C@H]3CC[C@@H]4[C@@]5(C)CC[C@H](OC(=O)CC(C)(C)C(=O)O)C(C)(C)[C@@H]5CC[C@@]4(C)[C@]3(C)CC[C@@]2(NC(=O)NC2(c3ccccn3)CC2)CC1=O. The van der Waals surface area contributed by atoms with Gasteiger partial charge in [-0.25, -0.2) is 4.79 Å². The third kappa shape index (κ3) is 5.70. The second-order valence-electron chi connectivity index (χ2n) is 20.4. The second kappa shape index (κ2) is 12.4. The van der Waals surface area contributed by atoms with E-state index in [9.17, 15) is 24.3 Å². The lowest BCUT2D eigenvalue weighted by atomic mass is 9.33. The molecule has 53 heavy (non-hydrogen) atoms. The molecule has 6 aliphatic rings. The summed E-state index contributed by atoms with van der Waals surface area (Å²) < 4.78 is 6.16. The number of amides is 2. The van der Waals surface area contributed by atoms with E-state index >= 15 is 0 Å². The van der Waals surface area contributed by atoms with Gasteiger partial charge in [0.2, 0.25) is 0 Å². The molecule has 0 aliphatic heterocycles. The molecule has 1 heterocycles. The smallest absolute Gasteiger partial charge is 0.316 e. The number of aromatic nitrogens is 1. The van der Waals surface area contributed by atoms with Gasteiger partial charge >= 0.3 is 18.0 Å². The van der Waals surface area contributed by atoms with Crippen LogP contribution in [-0.4, -0.2) is 45.5 Å². The molecule has 5 saturated carbocycles. The fourth-order valence-electron chi connectivity index (χ4n) is 13.3. The van der Waals surface area contributed by atoms with Crippen molar-refractivity contribution in [2.75, 3.05) is 0 Å². The maximum absolute atomic E-state index is 14.1. The van der Waals surface area contributed by atoms with Crippen LogP contribution >= 0.6 is 0 Å². The molecular formula is C44H63N3O6. The van der Waals surface area contributed by atoms with Crippen LogP contribution < -0.4 is 10.6 Å². The number of nitrogens with one attached hydrogen (secondary N) is 2. The number of aliphatic carboxylic acids is 1. The van der Waals surface area contributed by atoms with Gasteiger partial charge in [-0.1, -0.05) is 54.5 Å². The average molecular weight is 730 g/mol. The molecular weight excluding hydrogens is 666 g/mol. The first-order valence-corrected chi connectivity index (χ1v) is 20.4. The van der Waals surface area contributed by atoms with Crippen molar-refractivity contribution >= 4 is 23.8 Å². The number of ether oxygens (including phenoxy) is 1. The number of fused-ring (bicyclic) bond motifs is 7. The molecule has 1 aromatic rings. The minimum absolute atomic E-state index is 0.0263. The lowest BCUT2D eigenvalue weighted by Gasteiger charge is -2.72. The number of Topliss-reactive ketones (excluding diaryl/α,β-unsaturated/α-hetero) is 1. The van der Waals surface area contributed by atoms with Crippen molar-refractivity contribution in [3.8, 4) is 0 Å². The van der Waals surface area contributed by atoms with Gasteiger partial charge in [0, 0.05) is 18.0 Å². The van der Waals surface area contributed by atoms with Gasteiger partial charge in [-0.15, -0.1) is 0 Å². The van der Waals surface area contributed by atoms with E-state index in [-0.39, 0.29) is 57.8 Å². The Bertz CT molecular complexity index is 1730. The summed E-state index contributed by atoms with van der Waals surface area (Å²) in [6.07, 6.45) is 11.0.